The molecule has 0 spiro atoms. The number of fused-ring (bicyclic) bond motifs is 1. The maximum atomic E-state index is 12.3. The van der Waals surface area contributed by atoms with E-state index in [0.717, 1.165) is 5.01 Å². The highest BCUT2D eigenvalue weighted by Gasteiger charge is 2.43. The number of thiol groups is 1. The largest absolute Gasteiger partial charge is 0.480 e. The number of hydrogen-bond acceptors (Lipinski definition) is 4. The van der Waals surface area contributed by atoms with Crippen LogP contribution in [0.3, 0.4) is 0 Å². The summed E-state index contributed by atoms with van der Waals surface area (Å²) in [7, 11) is 0. The lowest BCUT2D eigenvalue weighted by atomic mass is 10.0. The summed E-state index contributed by atoms with van der Waals surface area (Å²) in [5, 5.41) is 11.6. The van der Waals surface area contributed by atoms with Gasteiger partial charge in [-0.25, -0.2) is 9.80 Å². The topological polar surface area (TPSA) is 77.9 Å². The number of hydrazine groups is 1. The van der Waals surface area contributed by atoms with Crippen molar-refractivity contribution in [2.45, 2.75) is 31.7 Å². The molecule has 0 aromatic rings. The molecule has 18 heavy (non-hydrogen) atoms. The summed E-state index contributed by atoms with van der Waals surface area (Å²) >= 11 is 4.11. The van der Waals surface area contributed by atoms with Gasteiger partial charge in [-0.2, -0.15) is 12.6 Å². The van der Waals surface area contributed by atoms with E-state index < -0.39 is 12.0 Å². The zero-order valence-corrected chi connectivity index (χ0v) is 10.8. The van der Waals surface area contributed by atoms with E-state index in [4.69, 9.17) is 0 Å². The second-order valence-electron chi connectivity index (χ2n) is 4.61. The Morgan fingerprint density at radius 3 is 2.72 bits per heavy atom. The average molecular weight is 272 g/mol. The van der Waals surface area contributed by atoms with Gasteiger partial charge in [-0.1, -0.05) is 0 Å². The number of nitrogens with zero attached hydrogens (tertiary/aromatic N) is 2. The number of carboxylic acids is 1. The van der Waals surface area contributed by atoms with Crippen molar-refractivity contribution in [1.29, 1.82) is 0 Å². The Morgan fingerprint density at radius 2 is 2.11 bits per heavy atom. The number of hydrogen-bond donors (Lipinski definition) is 2. The van der Waals surface area contributed by atoms with Crippen molar-refractivity contribution in [3.63, 3.8) is 0 Å². The number of carbonyl (C=O) groups is 3. The highest BCUT2D eigenvalue weighted by atomic mass is 32.1. The normalized spacial score (nSPS) is 28.9. The van der Waals surface area contributed by atoms with Crippen LogP contribution in [0.25, 0.3) is 0 Å². The first-order valence-electron chi connectivity index (χ1n) is 6.03. The average Bonchev–Trinajstić information content (AvgIpc) is 2.48. The zero-order valence-electron chi connectivity index (χ0n) is 9.91. The summed E-state index contributed by atoms with van der Waals surface area (Å²) in [6.07, 6.45) is 1.72. The minimum Gasteiger partial charge on any atom is -0.480 e. The second-order valence-corrected chi connectivity index (χ2v) is 4.98. The molecule has 6 nitrogen and oxygen atoms in total. The van der Waals surface area contributed by atoms with Crippen LogP contribution in [0.4, 0.5) is 0 Å². The van der Waals surface area contributed by atoms with Crippen LogP contribution < -0.4 is 0 Å². The summed E-state index contributed by atoms with van der Waals surface area (Å²) < 4.78 is 0. The second kappa shape index (κ2) is 5.17. The highest BCUT2D eigenvalue weighted by molar-refractivity contribution is 7.80. The molecule has 2 fully saturated rings. The summed E-state index contributed by atoms with van der Waals surface area (Å²) in [6.45, 7) is 0.424. The lowest BCUT2D eigenvalue weighted by Crippen LogP contribution is -2.60. The Balaban J connectivity index is 2.34. The molecule has 1 N–H and O–H groups in total. The van der Waals surface area contributed by atoms with Gasteiger partial charge in [-0.15, -0.1) is 0 Å². The van der Waals surface area contributed by atoms with Gasteiger partial charge in [0.25, 0.3) is 0 Å². The molecule has 2 aliphatic heterocycles. The molecule has 0 aliphatic carbocycles. The minimum absolute atomic E-state index is 0.168. The van der Waals surface area contributed by atoms with E-state index in [0.29, 0.717) is 31.6 Å². The molecule has 2 heterocycles. The molecule has 2 atom stereocenters. The number of carboxylic acid groups (broad SMARTS) is 1. The monoisotopic (exact) mass is 272 g/mol. The molecule has 2 amide bonds. The molecular formula is C11H16N2O4S. The number of aliphatic carboxylic acids is 1. The predicted molar refractivity (Wildman–Crippen MR) is 65.8 cm³/mol. The van der Waals surface area contributed by atoms with Crippen LogP contribution in [0, 0.1) is 5.92 Å². The molecule has 0 radical (unpaired) electrons. The third-order valence-electron chi connectivity index (χ3n) is 3.48. The fraction of sp³-hybridized carbons (Fsp3) is 0.727. The van der Waals surface area contributed by atoms with Crippen molar-refractivity contribution < 1.29 is 19.5 Å². The predicted octanol–water partition coefficient (Wildman–Crippen LogP) is 0.145. The van der Waals surface area contributed by atoms with E-state index in [1.165, 1.54) is 5.01 Å². The summed E-state index contributed by atoms with van der Waals surface area (Å²) in [5.41, 5.74) is 0. The van der Waals surface area contributed by atoms with Gasteiger partial charge in [-0.05, 0) is 19.3 Å². The molecule has 0 saturated carbocycles. The van der Waals surface area contributed by atoms with Gasteiger partial charge in [0.15, 0.2) is 6.04 Å². The number of amides is 2. The summed E-state index contributed by atoms with van der Waals surface area (Å²) in [6, 6.07) is -0.921. The molecule has 2 saturated heterocycles. The van der Waals surface area contributed by atoms with E-state index in [1.54, 1.807) is 0 Å². The van der Waals surface area contributed by atoms with Crippen molar-refractivity contribution in [3.8, 4) is 0 Å². The van der Waals surface area contributed by atoms with Gasteiger partial charge >= 0.3 is 5.97 Å². The first kappa shape index (κ1) is 13.2. The van der Waals surface area contributed by atoms with E-state index in [1.807, 2.05) is 0 Å². The van der Waals surface area contributed by atoms with Gasteiger partial charge in [0.05, 0.1) is 0 Å². The lowest BCUT2D eigenvalue weighted by Gasteiger charge is -2.41. The molecule has 100 valence electrons. The third-order valence-corrected chi connectivity index (χ3v) is 3.92. The van der Waals surface area contributed by atoms with Gasteiger partial charge in [-0.3, -0.25) is 14.6 Å². The smallest absolute Gasteiger partial charge is 0.328 e. The SMILES string of the molecule is O=C(O)[C@@H]1CCCN2C(=O)CC[C@H](CS)C(=O)N12. The zero-order chi connectivity index (χ0) is 13.3. The standard InChI is InChI=1S/C11H16N2O4S/c14-9-4-3-7(6-18)10(15)13-8(11(16)17)2-1-5-12(9)13/h7-8,18H,1-6H2,(H,16,17)/t7-,8+/m1/s1. The van der Waals surface area contributed by atoms with E-state index in [9.17, 15) is 19.5 Å². The van der Waals surface area contributed by atoms with Crippen LogP contribution >= 0.6 is 12.6 Å². The number of carbonyl (C=O) groups excluding carboxylic acids is 2. The Labute approximate surface area is 110 Å². The van der Waals surface area contributed by atoms with Crippen LogP contribution in [-0.4, -0.2) is 51.2 Å². The van der Waals surface area contributed by atoms with Gasteiger partial charge in [0, 0.05) is 24.6 Å². The third kappa shape index (κ3) is 2.19. The summed E-state index contributed by atoms with van der Waals surface area (Å²) in [5.74, 6) is -1.55. The molecule has 2 aliphatic rings. The van der Waals surface area contributed by atoms with Gasteiger partial charge in [0.2, 0.25) is 11.8 Å². The minimum atomic E-state index is -1.05. The maximum Gasteiger partial charge on any atom is 0.328 e. The van der Waals surface area contributed by atoms with Crippen molar-refractivity contribution in [2.75, 3.05) is 12.3 Å². The van der Waals surface area contributed by atoms with Crippen LogP contribution in [0.5, 0.6) is 0 Å². The van der Waals surface area contributed by atoms with E-state index >= 15 is 0 Å². The van der Waals surface area contributed by atoms with Crippen LogP contribution in [0.2, 0.25) is 0 Å². The molecule has 0 unspecified atom stereocenters. The van der Waals surface area contributed by atoms with Crippen molar-refractivity contribution in [2.24, 2.45) is 5.92 Å². The van der Waals surface area contributed by atoms with Crippen molar-refractivity contribution in [3.05, 3.63) is 0 Å². The molecule has 0 aromatic heterocycles. The van der Waals surface area contributed by atoms with Crippen molar-refractivity contribution >= 4 is 30.4 Å². The van der Waals surface area contributed by atoms with Gasteiger partial charge in [0.1, 0.15) is 0 Å². The van der Waals surface area contributed by atoms with E-state index in [-0.39, 0.29) is 24.2 Å². The molecule has 7 heteroatoms. The number of rotatable bonds is 2. The van der Waals surface area contributed by atoms with E-state index in [2.05, 4.69) is 12.6 Å². The fourth-order valence-corrected chi connectivity index (χ4v) is 2.82. The van der Waals surface area contributed by atoms with Crippen LogP contribution in [0.1, 0.15) is 25.7 Å². The lowest BCUT2D eigenvalue weighted by molar-refractivity contribution is -0.181. The highest BCUT2D eigenvalue weighted by Crippen LogP contribution is 2.27. The van der Waals surface area contributed by atoms with Crippen molar-refractivity contribution in [1.82, 2.24) is 10.0 Å². The Morgan fingerprint density at radius 1 is 1.39 bits per heavy atom. The Hall–Kier alpha value is -1.24. The first-order chi connectivity index (χ1) is 8.56. The molecule has 0 aromatic carbocycles. The van der Waals surface area contributed by atoms with Crippen LogP contribution in [0.15, 0.2) is 0 Å². The van der Waals surface area contributed by atoms with Crippen LogP contribution in [-0.2, 0) is 14.4 Å². The first-order valence-corrected chi connectivity index (χ1v) is 6.66. The molecular weight excluding hydrogens is 256 g/mol. The van der Waals surface area contributed by atoms with Gasteiger partial charge < -0.3 is 5.11 Å². The molecule has 2 rings (SSSR count). The Kier molecular flexibility index (Phi) is 3.79. The quantitative estimate of drug-likeness (QED) is 0.701. The summed E-state index contributed by atoms with van der Waals surface area (Å²) in [4.78, 5) is 35.4. The maximum absolute atomic E-state index is 12.3. The fourth-order valence-electron chi connectivity index (χ4n) is 2.48. The molecule has 0 bridgehead atoms. The Bertz CT molecular complexity index is 387.